The normalized spacial score (nSPS) is 22.4. The van der Waals surface area contributed by atoms with Crippen LogP contribution in [0.4, 0.5) is 0 Å². The van der Waals surface area contributed by atoms with Gasteiger partial charge in [0.2, 0.25) is 5.91 Å². The Hall–Kier alpha value is -0.610. The first-order valence-corrected chi connectivity index (χ1v) is 6.33. The summed E-state index contributed by atoms with van der Waals surface area (Å²) in [7, 11) is 2.11. The number of likely N-dealkylation sites (N-methyl/N-ethyl adjacent to an activating group) is 1. The van der Waals surface area contributed by atoms with E-state index in [0.29, 0.717) is 18.4 Å². The van der Waals surface area contributed by atoms with Crippen LogP contribution in [0.3, 0.4) is 0 Å². The van der Waals surface area contributed by atoms with Gasteiger partial charge in [-0.05, 0) is 33.4 Å². The average Bonchev–Trinajstić information content (AvgIpc) is 2.24. The summed E-state index contributed by atoms with van der Waals surface area (Å²) in [6, 6.07) is 0.362. The number of piperazine rings is 1. The molecule has 1 rings (SSSR count). The second kappa shape index (κ2) is 6.86. The van der Waals surface area contributed by atoms with E-state index in [9.17, 15) is 4.79 Å². The van der Waals surface area contributed by atoms with Crippen LogP contribution in [0, 0.1) is 0 Å². The molecule has 1 atom stereocenters. The molecule has 0 aliphatic carbocycles. The van der Waals surface area contributed by atoms with Crippen molar-refractivity contribution in [3.8, 4) is 0 Å². The molecule has 1 fully saturated rings. The van der Waals surface area contributed by atoms with Gasteiger partial charge in [0.05, 0.1) is 0 Å². The van der Waals surface area contributed by atoms with Crippen molar-refractivity contribution in [3.63, 3.8) is 0 Å². The van der Waals surface area contributed by atoms with Gasteiger partial charge in [0, 0.05) is 32.1 Å². The first-order chi connectivity index (χ1) is 7.65. The third-order valence-electron chi connectivity index (χ3n) is 3.25. The van der Waals surface area contributed by atoms with Gasteiger partial charge in [-0.1, -0.05) is 6.42 Å². The first kappa shape index (κ1) is 13.5. The van der Waals surface area contributed by atoms with Crippen molar-refractivity contribution in [1.29, 1.82) is 0 Å². The Labute approximate surface area is 98.8 Å². The van der Waals surface area contributed by atoms with Gasteiger partial charge in [0.15, 0.2) is 0 Å². The van der Waals surface area contributed by atoms with Crippen LogP contribution in [0.1, 0.15) is 32.6 Å². The van der Waals surface area contributed by atoms with Crippen LogP contribution in [0.15, 0.2) is 0 Å². The van der Waals surface area contributed by atoms with Crippen LogP contribution in [-0.4, -0.2) is 55.0 Å². The molecule has 1 aliphatic rings. The number of carbonyl (C=O) groups excluding carboxylic acids is 1. The number of hydrogen-bond acceptors (Lipinski definition) is 3. The molecule has 94 valence electrons. The number of amides is 1. The third-order valence-corrected chi connectivity index (χ3v) is 3.25. The second-order valence-corrected chi connectivity index (χ2v) is 4.80. The maximum Gasteiger partial charge on any atom is 0.222 e. The molecule has 4 nitrogen and oxygen atoms in total. The molecule has 0 radical (unpaired) electrons. The second-order valence-electron chi connectivity index (χ2n) is 4.80. The molecule has 1 amide bonds. The molecule has 4 heteroatoms. The van der Waals surface area contributed by atoms with Gasteiger partial charge in [-0.15, -0.1) is 0 Å². The molecule has 0 aromatic rings. The van der Waals surface area contributed by atoms with E-state index >= 15 is 0 Å². The lowest BCUT2D eigenvalue weighted by molar-refractivity contribution is -0.135. The maximum absolute atomic E-state index is 12.0. The smallest absolute Gasteiger partial charge is 0.222 e. The fraction of sp³-hybridized carbons (Fsp3) is 0.917. The largest absolute Gasteiger partial charge is 0.337 e. The molecule has 1 unspecified atom stereocenters. The lowest BCUT2D eigenvalue weighted by atomic mass is 10.1. The molecule has 0 bridgehead atoms. The van der Waals surface area contributed by atoms with Crippen LogP contribution < -0.4 is 5.73 Å². The van der Waals surface area contributed by atoms with Crippen molar-refractivity contribution in [2.45, 2.75) is 38.6 Å². The molecule has 0 saturated carbocycles. The zero-order valence-corrected chi connectivity index (χ0v) is 10.6. The Morgan fingerprint density at radius 1 is 1.31 bits per heavy atom. The van der Waals surface area contributed by atoms with Crippen molar-refractivity contribution < 1.29 is 4.79 Å². The van der Waals surface area contributed by atoms with Crippen molar-refractivity contribution >= 4 is 5.91 Å². The molecule has 1 heterocycles. The van der Waals surface area contributed by atoms with E-state index in [-0.39, 0.29) is 0 Å². The van der Waals surface area contributed by atoms with E-state index in [2.05, 4.69) is 18.9 Å². The van der Waals surface area contributed by atoms with E-state index in [0.717, 1.165) is 45.4 Å². The predicted molar refractivity (Wildman–Crippen MR) is 66.2 cm³/mol. The molecule has 0 spiro atoms. The highest BCUT2D eigenvalue weighted by atomic mass is 16.2. The van der Waals surface area contributed by atoms with E-state index in [4.69, 9.17) is 5.73 Å². The molecule has 2 N–H and O–H groups in total. The van der Waals surface area contributed by atoms with E-state index in [1.54, 1.807) is 0 Å². The predicted octanol–water partition coefficient (Wildman–Crippen LogP) is 0.668. The average molecular weight is 227 g/mol. The van der Waals surface area contributed by atoms with E-state index in [1.807, 2.05) is 4.90 Å². The van der Waals surface area contributed by atoms with Crippen LogP contribution >= 0.6 is 0 Å². The van der Waals surface area contributed by atoms with Gasteiger partial charge < -0.3 is 15.5 Å². The number of nitrogens with zero attached hydrogens (tertiary/aromatic N) is 2. The lowest BCUT2D eigenvalue weighted by Crippen LogP contribution is -2.52. The molecule has 0 aromatic carbocycles. The minimum atomic E-state index is 0.317. The zero-order valence-electron chi connectivity index (χ0n) is 10.6. The van der Waals surface area contributed by atoms with Gasteiger partial charge in [-0.2, -0.15) is 0 Å². The number of hydrogen-bond donors (Lipinski definition) is 1. The number of carbonyl (C=O) groups is 1. The quantitative estimate of drug-likeness (QED) is 0.702. The van der Waals surface area contributed by atoms with Crippen LogP contribution in [-0.2, 0) is 4.79 Å². The van der Waals surface area contributed by atoms with Crippen molar-refractivity contribution in [3.05, 3.63) is 0 Å². The zero-order chi connectivity index (χ0) is 12.0. The van der Waals surface area contributed by atoms with Crippen LogP contribution in [0.2, 0.25) is 0 Å². The summed E-state index contributed by atoms with van der Waals surface area (Å²) < 4.78 is 0. The lowest BCUT2D eigenvalue weighted by Gasteiger charge is -2.38. The standard InChI is InChI=1S/C12H25N3O/c1-11-10-14(2)8-9-15(11)12(16)6-4-3-5-7-13/h11H,3-10,13H2,1-2H3. The Bertz CT molecular complexity index is 220. The Morgan fingerprint density at radius 2 is 2.06 bits per heavy atom. The van der Waals surface area contributed by atoms with Crippen LogP contribution in [0.5, 0.6) is 0 Å². The highest BCUT2D eigenvalue weighted by molar-refractivity contribution is 5.76. The Balaban J connectivity index is 2.25. The minimum Gasteiger partial charge on any atom is -0.337 e. The first-order valence-electron chi connectivity index (χ1n) is 6.33. The summed E-state index contributed by atoms with van der Waals surface area (Å²) in [6.07, 6.45) is 3.78. The maximum atomic E-state index is 12.0. The van der Waals surface area contributed by atoms with Crippen molar-refractivity contribution in [2.24, 2.45) is 5.73 Å². The minimum absolute atomic E-state index is 0.317. The Kier molecular flexibility index (Phi) is 5.77. The summed E-state index contributed by atoms with van der Waals surface area (Å²) in [5, 5.41) is 0. The highest BCUT2D eigenvalue weighted by Crippen LogP contribution is 2.11. The van der Waals surface area contributed by atoms with Gasteiger partial charge in [0.25, 0.3) is 0 Å². The summed E-state index contributed by atoms with van der Waals surface area (Å²) in [5.74, 6) is 0.317. The number of rotatable bonds is 5. The molecule has 0 aromatic heterocycles. The molecular formula is C12H25N3O. The summed E-state index contributed by atoms with van der Waals surface area (Å²) in [6.45, 7) is 5.74. The van der Waals surface area contributed by atoms with Gasteiger partial charge in [-0.25, -0.2) is 0 Å². The van der Waals surface area contributed by atoms with E-state index < -0.39 is 0 Å². The summed E-state index contributed by atoms with van der Waals surface area (Å²) >= 11 is 0. The van der Waals surface area contributed by atoms with Crippen LogP contribution in [0.25, 0.3) is 0 Å². The van der Waals surface area contributed by atoms with Crippen molar-refractivity contribution in [2.75, 3.05) is 33.2 Å². The van der Waals surface area contributed by atoms with Gasteiger partial charge >= 0.3 is 0 Å². The van der Waals surface area contributed by atoms with Gasteiger partial charge in [-0.3, -0.25) is 4.79 Å². The number of unbranched alkanes of at least 4 members (excludes halogenated alkanes) is 2. The topological polar surface area (TPSA) is 49.6 Å². The van der Waals surface area contributed by atoms with E-state index in [1.165, 1.54) is 0 Å². The highest BCUT2D eigenvalue weighted by Gasteiger charge is 2.24. The fourth-order valence-corrected chi connectivity index (χ4v) is 2.25. The molecule has 1 aliphatic heterocycles. The third kappa shape index (κ3) is 4.10. The molecule has 1 saturated heterocycles. The SMILES string of the molecule is CC1CN(C)CCN1C(=O)CCCCCN. The van der Waals surface area contributed by atoms with Crippen molar-refractivity contribution in [1.82, 2.24) is 9.80 Å². The molecular weight excluding hydrogens is 202 g/mol. The fourth-order valence-electron chi connectivity index (χ4n) is 2.25. The molecule has 16 heavy (non-hydrogen) atoms. The Morgan fingerprint density at radius 3 is 2.69 bits per heavy atom. The number of nitrogens with two attached hydrogens (primary N) is 1. The summed E-state index contributed by atoms with van der Waals surface area (Å²) in [5.41, 5.74) is 5.42. The monoisotopic (exact) mass is 227 g/mol. The summed E-state index contributed by atoms with van der Waals surface area (Å²) in [4.78, 5) is 16.3. The van der Waals surface area contributed by atoms with Gasteiger partial charge in [0.1, 0.15) is 0 Å².